The minimum absolute atomic E-state index is 0.000374. The summed E-state index contributed by atoms with van der Waals surface area (Å²) in [6.07, 6.45) is 0. The van der Waals surface area contributed by atoms with E-state index in [9.17, 15) is 9.59 Å². The number of nitrogens with two attached hydrogens (primary N) is 1. The van der Waals surface area contributed by atoms with Crippen molar-refractivity contribution in [3.05, 3.63) is 51.0 Å². The zero-order valence-electron chi connectivity index (χ0n) is 15.0. The Morgan fingerprint density at radius 2 is 1.77 bits per heavy atom. The van der Waals surface area contributed by atoms with Crippen molar-refractivity contribution >= 4 is 39.3 Å². The second-order valence-corrected chi connectivity index (χ2v) is 7.09. The Balaban J connectivity index is 2.16. The van der Waals surface area contributed by atoms with Crippen LogP contribution in [-0.4, -0.2) is 28.3 Å². The summed E-state index contributed by atoms with van der Waals surface area (Å²) in [5.74, 6) is -0.688. The van der Waals surface area contributed by atoms with Crippen LogP contribution in [0.2, 0.25) is 0 Å². The van der Waals surface area contributed by atoms with Crippen LogP contribution in [0.1, 0.15) is 49.3 Å². The van der Waals surface area contributed by atoms with E-state index in [-0.39, 0.29) is 24.0 Å². The van der Waals surface area contributed by atoms with Gasteiger partial charge in [0.05, 0.1) is 6.61 Å². The van der Waals surface area contributed by atoms with Crippen LogP contribution in [0.3, 0.4) is 0 Å². The number of fused-ring (bicyclic) bond motifs is 1. The van der Waals surface area contributed by atoms with Gasteiger partial charge in [-0.1, -0.05) is 6.07 Å². The molecule has 0 radical (unpaired) electrons. The smallest absolute Gasteiger partial charge is 0.348 e. The number of esters is 1. The van der Waals surface area contributed by atoms with E-state index in [1.165, 1.54) is 0 Å². The maximum Gasteiger partial charge on any atom is 0.348 e. The number of ether oxygens (including phenoxy) is 1. The number of aromatic nitrogens is 2. The van der Waals surface area contributed by atoms with Crippen LogP contribution in [0.15, 0.2) is 18.2 Å². The van der Waals surface area contributed by atoms with Crippen LogP contribution in [-0.2, 0) is 4.74 Å². The van der Waals surface area contributed by atoms with Gasteiger partial charge in [0, 0.05) is 10.9 Å². The van der Waals surface area contributed by atoms with E-state index in [1.54, 1.807) is 13.0 Å². The van der Waals surface area contributed by atoms with Crippen molar-refractivity contribution in [2.45, 2.75) is 27.7 Å². The van der Waals surface area contributed by atoms with Crippen molar-refractivity contribution in [1.82, 2.24) is 9.97 Å². The molecule has 2 N–H and O–H groups in total. The summed E-state index contributed by atoms with van der Waals surface area (Å²) in [6.45, 7) is 7.86. The maximum absolute atomic E-state index is 13.1. The van der Waals surface area contributed by atoms with Crippen molar-refractivity contribution in [1.29, 1.82) is 0 Å². The van der Waals surface area contributed by atoms with E-state index in [0.29, 0.717) is 20.7 Å². The van der Waals surface area contributed by atoms with Crippen LogP contribution < -0.4 is 5.73 Å². The summed E-state index contributed by atoms with van der Waals surface area (Å²) >= 11 is 1.14. The third-order valence-electron chi connectivity index (χ3n) is 4.19. The molecule has 0 atom stereocenters. The fourth-order valence-electron chi connectivity index (χ4n) is 2.75. The van der Waals surface area contributed by atoms with Gasteiger partial charge in [-0.05, 0) is 56.5 Å². The van der Waals surface area contributed by atoms with E-state index in [0.717, 1.165) is 28.0 Å². The van der Waals surface area contributed by atoms with Gasteiger partial charge in [0.2, 0.25) is 11.7 Å². The summed E-state index contributed by atoms with van der Waals surface area (Å²) in [4.78, 5) is 34.3. The third-order valence-corrected chi connectivity index (χ3v) is 5.20. The molecule has 0 amide bonds. The molecule has 3 aromatic rings. The second-order valence-electron chi connectivity index (χ2n) is 6.06. The molecule has 26 heavy (non-hydrogen) atoms. The number of thiophene rings is 1. The highest BCUT2D eigenvalue weighted by atomic mass is 32.1. The Kier molecular flexibility index (Phi) is 4.73. The third kappa shape index (κ3) is 3.17. The molecule has 0 fully saturated rings. The largest absolute Gasteiger partial charge is 0.462 e. The molecular formula is C19H19N3O3S. The molecule has 0 aliphatic carbocycles. The first kappa shape index (κ1) is 18.0. The Labute approximate surface area is 155 Å². The molecule has 0 bridgehead atoms. The standard InChI is InChI=1S/C19H19N3O3S/c1-5-25-18(24)14-8-13-15(21-19(20)22-17(13)26-14)16(23)12-7-10(3)9(2)6-11(12)4/h6-8H,5H2,1-4H3,(H2,20,21,22). The molecule has 0 spiro atoms. The lowest BCUT2D eigenvalue weighted by Crippen LogP contribution is -2.10. The number of hydrogen-bond donors (Lipinski definition) is 1. The molecule has 0 aliphatic heterocycles. The second kappa shape index (κ2) is 6.84. The van der Waals surface area contributed by atoms with Crippen molar-refractivity contribution < 1.29 is 14.3 Å². The fraction of sp³-hybridized carbons (Fsp3) is 0.263. The number of carbonyl (C=O) groups excluding carboxylic acids is 2. The molecule has 6 nitrogen and oxygen atoms in total. The molecule has 2 heterocycles. The van der Waals surface area contributed by atoms with Gasteiger partial charge < -0.3 is 10.5 Å². The number of nitrogen functional groups attached to an aromatic ring is 1. The van der Waals surface area contributed by atoms with Gasteiger partial charge in [0.25, 0.3) is 0 Å². The predicted molar refractivity (Wildman–Crippen MR) is 102 cm³/mol. The van der Waals surface area contributed by atoms with E-state index < -0.39 is 5.97 Å². The molecule has 0 aliphatic rings. The van der Waals surface area contributed by atoms with Gasteiger partial charge in [-0.2, -0.15) is 0 Å². The summed E-state index contributed by atoms with van der Waals surface area (Å²) in [5, 5.41) is 0.509. The summed E-state index contributed by atoms with van der Waals surface area (Å²) in [5.41, 5.74) is 9.56. The highest BCUT2D eigenvalue weighted by molar-refractivity contribution is 7.20. The van der Waals surface area contributed by atoms with Gasteiger partial charge >= 0.3 is 5.97 Å². The Morgan fingerprint density at radius 1 is 1.08 bits per heavy atom. The zero-order chi connectivity index (χ0) is 19.0. The van der Waals surface area contributed by atoms with E-state index in [2.05, 4.69) is 9.97 Å². The number of anilines is 1. The first-order valence-corrected chi connectivity index (χ1v) is 9.00. The molecule has 2 aromatic heterocycles. The Bertz CT molecular complexity index is 1040. The van der Waals surface area contributed by atoms with E-state index >= 15 is 0 Å². The van der Waals surface area contributed by atoms with E-state index in [1.807, 2.05) is 32.9 Å². The number of rotatable bonds is 4. The number of aryl methyl sites for hydroxylation is 3. The minimum Gasteiger partial charge on any atom is -0.462 e. The number of carbonyl (C=O) groups is 2. The summed E-state index contributed by atoms with van der Waals surface area (Å²) < 4.78 is 5.03. The molecule has 3 rings (SSSR count). The lowest BCUT2D eigenvalue weighted by atomic mass is 9.96. The van der Waals surface area contributed by atoms with Crippen molar-refractivity contribution in [2.75, 3.05) is 12.3 Å². The topological polar surface area (TPSA) is 95.2 Å². The minimum atomic E-state index is -0.449. The van der Waals surface area contributed by atoms with Crippen molar-refractivity contribution in [3.63, 3.8) is 0 Å². The quantitative estimate of drug-likeness (QED) is 0.558. The maximum atomic E-state index is 13.1. The van der Waals surface area contributed by atoms with Gasteiger partial charge in [-0.25, -0.2) is 14.8 Å². The monoisotopic (exact) mass is 369 g/mol. The van der Waals surface area contributed by atoms with Gasteiger partial charge in [-0.3, -0.25) is 4.79 Å². The lowest BCUT2D eigenvalue weighted by Gasteiger charge is -2.09. The van der Waals surface area contributed by atoms with Gasteiger partial charge in [0.15, 0.2) is 0 Å². The average molecular weight is 369 g/mol. The number of ketones is 1. The zero-order valence-corrected chi connectivity index (χ0v) is 15.9. The van der Waals surface area contributed by atoms with Crippen LogP contribution in [0.25, 0.3) is 10.2 Å². The van der Waals surface area contributed by atoms with Gasteiger partial charge in [0.1, 0.15) is 15.4 Å². The van der Waals surface area contributed by atoms with Crippen LogP contribution in [0.4, 0.5) is 5.95 Å². The van der Waals surface area contributed by atoms with Gasteiger partial charge in [-0.15, -0.1) is 11.3 Å². The fourth-order valence-corrected chi connectivity index (χ4v) is 3.68. The molecule has 0 saturated heterocycles. The van der Waals surface area contributed by atoms with Crippen LogP contribution >= 0.6 is 11.3 Å². The summed E-state index contributed by atoms with van der Waals surface area (Å²) in [6, 6.07) is 5.43. The molecular weight excluding hydrogens is 350 g/mol. The molecule has 0 saturated carbocycles. The Morgan fingerprint density at radius 3 is 2.46 bits per heavy atom. The molecule has 0 unspecified atom stereocenters. The van der Waals surface area contributed by atoms with Crippen molar-refractivity contribution in [3.8, 4) is 0 Å². The normalized spacial score (nSPS) is 10.9. The molecule has 1 aromatic carbocycles. The first-order chi connectivity index (χ1) is 12.3. The number of hydrogen-bond acceptors (Lipinski definition) is 7. The lowest BCUT2D eigenvalue weighted by molar-refractivity contribution is 0.0532. The SMILES string of the molecule is CCOC(=O)c1cc2c(C(=O)c3cc(C)c(C)cc3C)nc(N)nc2s1. The van der Waals surface area contributed by atoms with Crippen LogP contribution in [0, 0.1) is 20.8 Å². The first-order valence-electron chi connectivity index (χ1n) is 8.18. The van der Waals surface area contributed by atoms with E-state index in [4.69, 9.17) is 10.5 Å². The van der Waals surface area contributed by atoms with Crippen molar-refractivity contribution in [2.24, 2.45) is 0 Å². The summed E-state index contributed by atoms with van der Waals surface area (Å²) in [7, 11) is 0. The highest BCUT2D eigenvalue weighted by Gasteiger charge is 2.22. The van der Waals surface area contributed by atoms with Crippen LogP contribution in [0.5, 0.6) is 0 Å². The Hall–Kier alpha value is -2.80. The number of nitrogens with zero attached hydrogens (tertiary/aromatic N) is 2. The predicted octanol–water partition coefficient (Wildman–Crippen LogP) is 3.61. The number of benzene rings is 1. The average Bonchev–Trinajstić information content (AvgIpc) is 3.01. The molecule has 7 heteroatoms. The highest BCUT2D eigenvalue weighted by Crippen LogP contribution is 2.29. The molecule has 134 valence electrons.